The Morgan fingerprint density at radius 2 is 1.74 bits per heavy atom. The minimum absolute atomic E-state index is 0.0238. The third kappa shape index (κ3) is 10.4. The van der Waals surface area contributed by atoms with Crippen LogP contribution >= 0.6 is 0 Å². The van der Waals surface area contributed by atoms with Gasteiger partial charge in [0.05, 0.1) is 32.7 Å². The highest BCUT2D eigenvalue weighted by Gasteiger charge is 2.15. The quantitative estimate of drug-likeness (QED) is 0.491. The van der Waals surface area contributed by atoms with Gasteiger partial charge in [-0.05, 0) is 12.3 Å². The molecule has 0 amide bonds. The predicted octanol–water partition coefficient (Wildman–Crippen LogP) is -0.510. The molecule has 0 aliphatic carbocycles. The second-order valence-corrected chi connectivity index (χ2v) is 3.95. The average molecular weight is 278 g/mol. The van der Waals surface area contributed by atoms with E-state index in [0.29, 0.717) is 13.0 Å². The molecule has 0 aromatic heterocycles. The summed E-state index contributed by atoms with van der Waals surface area (Å²) in [6.07, 6.45) is 0.581. The van der Waals surface area contributed by atoms with Gasteiger partial charge in [0.2, 0.25) is 0 Å². The molecule has 0 aliphatic heterocycles. The van der Waals surface area contributed by atoms with E-state index in [-0.39, 0.29) is 45.2 Å². The Morgan fingerprint density at radius 1 is 1.05 bits per heavy atom. The minimum atomic E-state index is -0.471. The zero-order chi connectivity index (χ0) is 14.5. The van der Waals surface area contributed by atoms with Gasteiger partial charge in [0, 0.05) is 13.7 Å². The van der Waals surface area contributed by atoms with Gasteiger partial charge >= 0.3 is 11.9 Å². The van der Waals surface area contributed by atoms with Gasteiger partial charge in [0.25, 0.3) is 0 Å². The summed E-state index contributed by atoms with van der Waals surface area (Å²) in [7, 11) is 1.52. The van der Waals surface area contributed by atoms with Crippen LogP contribution in [0, 0.1) is 5.92 Å². The first-order chi connectivity index (χ1) is 9.13. The SMILES string of the molecule is COCC(CCOC(=O)CCO)CC(=O)OCCO. The van der Waals surface area contributed by atoms with Gasteiger partial charge in [-0.3, -0.25) is 9.59 Å². The maximum absolute atomic E-state index is 11.4. The molecule has 0 saturated carbocycles. The molecule has 0 bridgehead atoms. The van der Waals surface area contributed by atoms with E-state index < -0.39 is 11.9 Å². The lowest BCUT2D eigenvalue weighted by atomic mass is 10.0. The zero-order valence-corrected chi connectivity index (χ0v) is 11.2. The summed E-state index contributed by atoms with van der Waals surface area (Å²) in [5, 5.41) is 17.1. The van der Waals surface area contributed by atoms with Gasteiger partial charge in [-0.1, -0.05) is 0 Å². The smallest absolute Gasteiger partial charge is 0.308 e. The monoisotopic (exact) mass is 278 g/mol. The first kappa shape index (κ1) is 17.8. The lowest BCUT2D eigenvalue weighted by Gasteiger charge is -2.15. The number of carbonyl (C=O) groups excluding carboxylic acids is 2. The summed E-state index contributed by atoms with van der Waals surface area (Å²) >= 11 is 0. The lowest BCUT2D eigenvalue weighted by Crippen LogP contribution is -2.19. The molecule has 0 rings (SSSR count). The predicted molar refractivity (Wildman–Crippen MR) is 65.3 cm³/mol. The highest BCUT2D eigenvalue weighted by atomic mass is 16.5. The van der Waals surface area contributed by atoms with Gasteiger partial charge in [0.1, 0.15) is 6.61 Å². The number of rotatable bonds is 11. The van der Waals surface area contributed by atoms with Gasteiger partial charge in [-0.25, -0.2) is 0 Å². The van der Waals surface area contributed by atoms with Crippen molar-refractivity contribution in [2.75, 3.05) is 40.1 Å². The Balaban J connectivity index is 3.90. The maximum Gasteiger partial charge on any atom is 0.308 e. The van der Waals surface area contributed by atoms with Crippen LogP contribution in [0.25, 0.3) is 0 Å². The van der Waals surface area contributed by atoms with Crippen molar-refractivity contribution in [1.82, 2.24) is 0 Å². The van der Waals surface area contributed by atoms with E-state index in [2.05, 4.69) is 0 Å². The van der Waals surface area contributed by atoms with Crippen LogP contribution < -0.4 is 0 Å². The third-order valence-electron chi connectivity index (χ3n) is 2.32. The average Bonchev–Trinajstić information content (AvgIpc) is 2.37. The van der Waals surface area contributed by atoms with Crippen molar-refractivity contribution in [1.29, 1.82) is 0 Å². The molecule has 0 fully saturated rings. The van der Waals surface area contributed by atoms with Gasteiger partial charge in [-0.15, -0.1) is 0 Å². The lowest BCUT2D eigenvalue weighted by molar-refractivity contribution is -0.146. The van der Waals surface area contributed by atoms with Crippen LogP contribution in [0.1, 0.15) is 19.3 Å². The topological polar surface area (TPSA) is 102 Å². The first-order valence-electron chi connectivity index (χ1n) is 6.16. The number of aliphatic hydroxyl groups excluding tert-OH is 2. The van der Waals surface area contributed by atoms with E-state index in [1.54, 1.807) is 0 Å². The molecule has 1 atom stereocenters. The van der Waals surface area contributed by atoms with Crippen LogP contribution in [0.4, 0.5) is 0 Å². The summed E-state index contributed by atoms with van der Waals surface area (Å²) in [5.41, 5.74) is 0. The summed E-state index contributed by atoms with van der Waals surface area (Å²) in [5.74, 6) is -1.00. The Bertz CT molecular complexity index is 254. The highest BCUT2D eigenvalue weighted by Crippen LogP contribution is 2.11. The molecule has 19 heavy (non-hydrogen) atoms. The van der Waals surface area contributed by atoms with E-state index >= 15 is 0 Å². The summed E-state index contributed by atoms with van der Waals surface area (Å²) in [6.45, 7) is 0.0449. The van der Waals surface area contributed by atoms with Crippen LogP contribution in [0.5, 0.6) is 0 Å². The number of esters is 2. The molecule has 0 aliphatic rings. The zero-order valence-electron chi connectivity index (χ0n) is 11.2. The largest absolute Gasteiger partial charge is 0.466 e. The second kappa shape index (κ2) is 11.9. The van der Waals surface area contributed by atoms with Crippen molar-refractivity contribution < 1.29 is 34.0 Å². The van der Waals surface area contributed by atoms with Gasteiger partial charge in [0.15, 0.2) is 0 Å². The standard InChI is InChI=1S/C12H22O7/c1-17-9-10(8-12(16)19-7-5-14)3-6-18-11(15)2-4-13/h10,13-14H,2-9H2,1H3. The molecule has 7 heteroatoms. The molecule has 0 heterocycles. The van der Waals surface area contributed by atoms with Gasteiger partial charge in [-0.2, -0.15) is 0 Å². The molecule has 0 saturated heterocycles. The van der Waals surface area contributed by atoms with Crippen LogP contribution in [0.3, 0.4) is 0 Å². The van der Waals surface area contributed by atoms with Crippen molar-refractivity contribution in [3.8, 4) is 0 Å². The second-order valence-electron chi connectivity index (χ2n) is 3.95. The fraction of sp³-hybridized carbons (Fsp3) is 0.833. The molecular weight excluding hydrogens is 256 g/mol. The normalized spacial score (nSPS) is 11.9. The van der Waals surface area contributed by atoms with Crippen LogP contribution in [-0.4, -0.2) is 62.3 Å². The number of hydrogen-bond acceptors (Lipinski definition) is 7. The maximum atomic E-state index is 11.4. The fourth-order valence-corrected chi connectivity index (χ4v) is 1.44. The molecule has 2 N–H and O–H groups in total. The number of methoxy groups -OCH3 is 1. The van der Waals surface area contributed by atoms with Crippen LogP contribution in [-0.2, 0) is 23.8 Å². The van der Waals surface area contributed by atoms with Crippen molar-refractivity contribution in [2.45, 2.75) is 19.3 Å². The Morgan fingerprint density at radius 3 is 2.32 bits per heavy atom. The van der Waals surface area contributed by atoms with Crippen LogP contribution in [0.15, 0.2) is 0 Å². The molecule has 0 aromatic carbocycles. The number of ether oxygens (including phenoxy) is 3. The number of hydrogen-bond donors (Lipinski definition) is 2. The molecule has 112 valence electrons. The minimum Gasteiger partial charge on any atom is -0.466 e. The molecule has 0 aromatic rings. The Hall–Kier alpha value is -1.18. The van der Waals surface area contributed by atoms with E-state index in [0.717, 1.165) is 0 Å². The third-order valence-corrected chi connectivity index (χ3v) is 2.32. The van der Waals surface area contributed by atoms with E-state index in [4.69, 9.17) is 24.4 Å². The highest BCUT2D eigenvalue weighted by molar-refractivity contribution is 5.70. The number of carbonyl (C=O) groups is 2. The molecular formula is C12H22O7. The van der Waals surface area contributed by atoms with E-state index in [1.165, 1.54) is 7.11 Å². The van der Waals surface area contributed by atoms with Gasteiger partial charge < -0.3 is 24.4 Å². The summed E-state index contributed by atoms with van der Waals surface area (Å²) in [6, 6.07) is 0. The summed E-state index contributed by atoms with van der Waals surface area (Å²) < 4.78 is 14.6. The van der Waals surface area contributed by atoms with E-state index in [9.17, 15) is 9.59 Å². The van der Waals surface area contributed by atoms with Crippen molar-refractivity contribution >= 4 is 11.9 Å². The summed E-state index contributed by atoms with van der Waals surface area (Å²) in [4.78, 5) is 22.4. The fourth-order valence-electron chi connectivity index (χ4n) is 1.44. The Kier molecular flexibility index (Phi) is 11.1. The first-order valence-corrected chi connectivity index (χ1v) is 6.16. The van der Waals surface area contributed by atoms with Crippen molar-refractivity contribution in [2.24, 2.45) is 5.92 Å². The molecule has 0 spiro atoms. The van der Waals surface area contributed by atoms with Crippen molar-refractivity contribution in [3.63, 3.8) is 0 Å². The van der Waals surface area contributed by atoms with Crippen molar-refractivity contribution in [3.05, 3.63) is 0 Å². The van der Waals surface area contributed by atoms with Crippen LogP contribution in [0.2, 0.25) is 0 Å². The number of aliphatic hydroxyl groups is 2. The molecule has 7 nitrogen and oxygen atoms in total. The Labute approximate surface area is 112 Å². The molecule has 0 radical (unpaired) electrons. The van der Waals surface area contributed by atoms with E-state index in [1.807, 2.05) is 0 Å². The molecule has 1 unspecified atom stereocenters.